The monoisotopic (exact) mass is 200 g/mol. The molecule has 0 saturated carbocycles. The van der Waals surface area contributed by atoms with Gasteiger partial charge in [-0.2, -0.15) is 0 Å². The van der Waals surface area contributed by atoms with Crippen molar-refractivity contribution in [3.8, 4) is 0 Å². The van der Waals surface area contributed by atoms with E-state index in [0.29, 0.717) is 5.88 Å². The Morgan fingerprint density at radius 2 is 2.25 bits per heavy atom. The van der Waals surface area contributed by atoms with Gasteiger partial charge >= 0.3 is 0 Å². The molecule has 0 bridgehead atoms. The molecule has 0 radical (unpaired) electrons. The summed E-state index contributed by atoms with van der Waals surface area (Å²) in [6, 6.07) is 8.24. The molecular formula is C9H9ClOS. The van der Waals surface area contributed by atoms with Crippen LogP contribution < -0.4 is 0 Å². The molecule has 0 fully saturated rings. The first-order chi connectivity index (χ1) is 5.92. The Kier molecular flexibility index (Phi) is 2.59. The fourth-order valence-electron chi connectivity index (χ4n) is 1.29. The van der Waals surface area contributed by atoms with Crippen LogP contribution in [0.25, 0.3) is 0 Å². The zero-order valence-electron chi connectivity index (χ0n) is 6.50. The maximum absolute atomic E-state index is 5.66. The molecule has 0 spiro atoms. The molecule has 0 N–H and O–H groups in total. The van der Waals surface area contributed by atoms with Crippen molar-refractivity contribution in [2.75, 3.05) is 5.88 Å². The Morgan fingerprint density at radius 1 is 1.42 bits per heavy atom. The van der Waals surface area contributed by atoms with Gasteiger partial charge in [-0.3, -0.25) is 0 Å². The predicted molar refractivity (Wildman–Crippen MR) is 51.5 cm³/mol. The van der Waals surface area contributed by atoms with Crippen molar-refractivity contribution in [1.29, 1.82) is 0 Å². The van der Waals surface area contributed by atoms with Gasteiger partial charge in [0.2, 0.25) is 0 Å². The van der Waals surface area contributed by atoms with E-state index >= 15 is 0 Å². The van der Waals surface area contributed by atoms with Gasteiger partial charge in [0.25, 0.3) is 0 Å². The Hall–Kier alpha value is -0.180. The van der Waals surface area contributed by atoms with Gasteiger partial charge in [-0.1, -0.05) is 18.2 Å². The summed E-state index contributed by atoms with van der Waals surface area (Å²) in [5.41, 5.74) is 1.28. The van der Waals surface area contributed by atoms with E-state index in [9.17, 15) is 0 Å². The molecule has 1 aromatic rings. The lowest BCUT2D eigenvalue weighted by atomic mass is 10.1. The minimum absolute atomic E-state index is 0.198. The number of alkyl halides is 1. The van der Waals surface area contributed by atoms with Crippen molar-refractivity contribution in [1.82, 2.24) is 0 Å². The van der Waals surface area contributed by atoms with Crippen LogP contribution in [0.5, 0.6) is 0 Å². The zero-order valence-corrected chi connectivity index (χ0v) is 8.07. The van der Waals surface area contributed by atoms with Crippen LogP contribution in [0.2, 0.25) is 0 Å². The molecule has 0 saturated heterocycles. The molecule has 1 nitrogen and oxygen atoms in total. The van der Waals surface area contributed by atoms with Gasteiger partial charge in [0.1, 0.15) is 0 Å². The maximum Gasteiger partial charge on any atom is 0.0999 e. The molecule has 3 heteroatoms. The van der Waals surface area contributed by atoms with Crippen molar-refractivity contribution in [2.24, 2.45) is 0 Å². The molecule has 0 aliphatic carbocycles. The van der Waals surface area contributed by atoms with Gasteiger partial charge in [0.15, 0.2) is 0 Å². The van der Waals surface area contributed by atoms with Crippen LogP contribution >= 0.6 is 23.6 Å². The Labute approximate surface area is 81.3 Å². The summed E-state index contributed by atoms with van der Waals surface area (Å²) >= 11 is 7.12. The highest BCUT2D eigenvalue weighted by atomic mass is 35.5. The number of hydrogen-bond acceptors (Lipinski definition) is 2. The average Bonchev–Trinajstić information content (AvgIpc) is 2.50. The quantitative estimate of drug-likeness (QED) is 0.535. The van der Waals surface area contributed by atoms with Crippen LogP contribution in [0.4, 0.5) is 0 Å². The Balaban J connectivity index is 2.24. The molecule has 64 valence electrons. The van der Waals surface area contributed by atoms with E-state index in [0.717, 1.165) is 6.42 Å². The molecule has 1 aliphatic rings. The minimum Gasteiger partial charge on any atom is -0.302 e. The van der Waals surface area contributed by atoms with Crippen molar-refractivity contribution >= 4 is 23.6 Å². The summed E-state index contributed by atoms with van der Waals surface area (Å²) in [5.74, 6) is 0.652. The molecule has 0 amide bonds. The molecule has 1 aliphatic heterocycles. The van der Waals surface area contributed by atoms with Crippen LogP contribution in [-0.4, -0.2) is 5.88 Å². The van der Waals surface area contributed by atoms with Crippen molar-refractivity contribution in [3.05, 3.63) is 29.8 Å². The lowest BCUT2D eigenvalue weighted by molar-refractivity contribution is 0.256. The summed E-state index contributed by atoms with van der Waals surface area (Å²) in [6.45, 7) is 0. The first-order valence-corrected chi connectivity index (χ1v) is 5.17. The summed E-state index contributed by atoms with van der Waals surface area (Å²) < 4.78 is 5.50. The average molecular weight is 201 g/mol. The van der Waals surface area contributed by atoms with E-state index in [1.165, 1.54) is 22.5 Å². The Bertz CT molecular complexity index is 275. The van der Waals surface area contributed by atoms with Crippen LogP contribution in [0.3, 0.4) is 0 Å². The lowest BCUT2D eigenvalue weighted by Gasteiger charge is -2.05. The molecule has 1 heterocycles. The van der Waals surface area contributed by atoms with E-state index in [-0.39, 0.29) is 6.10 Å². The largest absolute Gasteiger partial charge is 0.302 e. The second kappa shape index (κ2) is 3.69. The smallest absolute Gasteiger partial charge is 0.0999 e. The molecule has 12 heavy (non-hydrogen) atoms. The highest BCUT2D eigenvalue weighted by molar-refractivity contribution is 7.95. The molecule has 0 aromatic heterocycles. The standard InChI is InChI=1S/C9H9ClOS/c10-6-5-8-7-3-1-2-4-9(7)12-11-8/h1-4,8H,5-6H2. The summed E-state index contributed by atoms with van der Waals surface area (Å²) in [6.07, 6.45) is 1.09. The first kappa shape index (κ1) is 8.42. The fraction of sp³-hybridized carbons (Fsp3) is 0.333. The molecular weight excluding hydrogens is 192 g/mol. The summed E-state index contributed by atoms with van der Waals surface area (Å²) in [7, 11) is 0. The van der Waals surface area contributed by atoms with Crippen molar-refractivity contribution < 1.29 is 4.18 Å². The molecule has 1 aromatic carbocycles. The maximum atomic E-state index is 5.66. The summed E-state index contributed by atoms with van der Waals surface area (Å²) in [5, 5.41) is 0. The highest BCUT2D eigenvalue weighted by Gasteiger charge is 2.22. The van der Waals surface area contributed by atoms with E-state index in [1.807, 2.05) is 12.1 Å². The SMILES string of the molecule is ClCCC1OSc2ccccc21. The number of benzene rings is 1. The highest BCUT2D eigenvalue weighted by Crippen LogP contribution is 2.42. The van der Waals surface area contributed by atoms with Crippen molar-refractivity contribution in [2.45, 2.75) is 17.4 Å². The second-order valence-corrected chi connectivity index (χ2v) is 3.86. The van der Waals surface area contributed by atoms with Gasteiger partial charge in [0.05, 0.1) is 6.10 Å². The first-order valence-electron chi connectivity index (χ1n) is 3.90. The molecule has 1 atom stereocenters. The zero-order chi connectivity index (χ0) is 8.39. The topological polar surface area (TPSA) is 9.23 Å². The van der Waals surface area contributed by atoms with Crippen LogP contribution in [0.15, 0.2) is 29.2 Å². The van der Waals surface area contributed by atoms with Gasteiger partial charge in [-0.15, -0.1) is 11.6 Å². The number of rotatable bonds is 2. The van der Waals surface area contributed by atoms with E-state index < -0.39 is 0 Å². The summed E-state index contributed by atoms with van der Waals surface area (Å²) in [4.78, 5) is 1.23. The molecule has 1 unspecified atom stereocenters. The fourth-order valence-corrected chi connectivity index (χ4v) is 2.33. The van der Waals surface area contributed by atoms with Crippen LogP contribution in [0, 0.1) is 0 Å². The number of hydrogen-bond donors (Lipinski definition) is 0. The van der Waals surface area contributed by atoms with Crippen LogP contribution in [-0.2, 0) is 4.18 Å². The normalized spacial score (nSPS) is 20.9. The van der Waals surface area contributed by atoms with Crippen molar-refractivity contribution in [3.63, 3.8) is 0 Å². The van der Waals surface area contributed by atoms with Gasteiger partial charge in [-0.25, -0.2) is 0 Å². The Morgan fingerprint density at radius 3 is 3.08 bits per heavy atom. The van der Waals surface area contributed by atoms with Gasteiger partial charge < -0.3 is 4.18 Å². The van der Waals surface area contributed by atoms with Gasteiger partial charge in [0, 0.05) is 22.8 Å². The molecule has 2 rings (SSSR count). The number of halogens is 1. The second-order valence-electron chi connectivity index (χ2n) is 2.68. The van der Waals surface area contributed by atoms with E-state index in [1.54, 1.807) is 0 Å². The van der Waals surface area contributed by atoms with Gasteiger partial charge in [-0.05, 0) is 18.1 Å². The third kappa shape index (κ3) is 1.47. The van der Waals surface area contributed by atoms with E-state index in [4.69, 9.17) is 15.8 Å². The number of fused-ring (bicyclic) bond motifs is 1. The third-order valence-electron chi connectivity index (χ3n) is 1.89. The lowest BCUT2D eigenvalue weighted by Crippen LogP contribution is -1.95. The van der Waals surface area contributed by atoms with E-state index in [2.05, 4.69) is 12.1 Å². The predicted octanol–water partition coefficient (Wildman–Crippen LogP) is 3.39. The van der Waals surface area contributed by atoms with Crippen LogP contribution in [0.1, 0.15) is 18.1 Å². The minimum atomic E-state index is 0.198. The third-order valence-corrected chi connectivity index (χ3v) is 2.99.